The summed E-state index contributed by atoms with van der Waals surface area (Å²) in [5.41, 5.74) is 1.45. The molecule has 0 aliphatic carbocycles. The molecule has 0 spiro atoms. The molecular weight excluding hydrogens is 513 g/mol. The summed E-state index contributed by atoms with van der Waals surface area (Å²) in [5, 5.41) is 0.381. The van der Waals surface area contributed by atoms with Gasteiger partial charge in [-0.05, 0) is 66.6 Å². The van der Waals surface area contributed by atoms with Crippen LogP contribution in [0.5, 0.6) is 11.5 Å². The average molecular weight is 538 g/mol. The summed E-state index contributed by atoms with van der Waals surface area (Å²) in [6.45, 7) is 4.25. The molecule has 0 aromatic heterocycles. The number of nitrogens with zero attached hydrogens (tertiary/aromatic N) is 1. The molecule has 7 nitrogen and oxygen atoms in total. The quantitative estimate of drug-likeness (QED) is 0.187. The number of hydrogen-bond acceptors (Lipinski definition) is 7. The molecule has 1 heterocycles. The van der Waals surface area contributed by atoms with Crippen LogP contribution in [0.1, 0.15) is 37.8 Å². The summed E-state index contributed by atoms with van der Waals surface area (Å²) < 4.78 is 16.7. The van der Waals surface area contributed by atoms with Crippen molar-refractivity contribution in [2.45, 2.75) is 33.3 Å². The maximum absolute atomic E-state index is 12.7. The van der Waals surface area contributed by atoms with Gasteiger partial charge in [-0.2, -0.15) is 0 Å². The summed E-state index contributed by atoms with van der Waals surface area (Å²) in [4.78, 5) is 38.1. The second kappa shape index (κ2) is 12.9. The van der Waals surface area contributed by atoms with Crippen LogP contribution in [0, 0.1) is 0 Å². The Morgan fingerprint density at radius 2 is 1.83 bits per heavy atom. The third kappa shape index (κ3) is 7.40. The van der Waals surface area contributed by atoms with Gasteiger partial charge in [0.1, 0.15) is 13.2 Å². The van der Waals surface area contributed by atoms with Crippen LogP contribution in [0.3, 0.4) is 0 Å². The summed E-state index contributed by atoms with van der Waals surface area (Å²) in [6.07, 6.45) is 3.12. The molecule has 35 heavy (non-hydrogen) atoms. The van der Waals surface area contributed by atoms with Crippen molar-refractivity contribution < 1.29 is 28.6 Å². The summed E-state index contributed by atoms with van der Waals surface area (Å²) in [7, 11) is 0. The van der Waals surface area contributed by atoms with Crippen LogP contribution in [0.4, 0.5) is 4.79 Å². The maximum Gasteiger partial charge on any atom is 0.326 e. The van der Waals surface area contributed by atoms with Crippen LogP contribution in [0.25, 0.3) is 6.08 Å². The fourth-order valence-corrected chi connectivity index (χ4v) is 4.34. The normalized spacial score (nSPS) is 14.5. The van der Waals surface area contributed by atoms with Crippen LogP contribution in [-0.2, 0) is 20.9 Å². The molecule has 0 N–H and O–H groups in total. The molecule has 1 aliphatic rings. The number of rotatable bonds is 11. The number of imide groups is 1. The van der Waals surface area contributed by atoms with E-state index in [2.05, 4.69) is 0 Å². The van der Waals surface area contributed by atoms with Crippen LogP contribution in [-0.4, -0.2) is 41.8 Å². The van der Waals surface area contributed by atoms with Crippen molar-refractivity contribution in [2.75, 3.05) is 19.8 Å². The van der Waals surface area contributed by atoms with Crippen LogP contribution < -0.4 is 9.47 Å². The monoisotopic (exact) mass is 537 g/mol. The van der Waals surface area contributed by atoms with E-state index >= 15 is 0 Å². The van der Waals surface area contributed by atoms with Gasteiger partial charge in [0.05, 0.1) is 23.1 Å². The molecule has 0 atom stereocenters. The molecule has 2 amide bonds. The number of benzene rings is 2. The second-order valence-corrected chi connectivity index (χ2v) is 9.36. The lowest BCUT2D eigenvalue weighted by atomic mass is 10.1. The van der Waals surface area contributed by atoms with Gasteiger partial charge >= 0.3 is 5.97 Å². The zero-order chi connectivity index (χ0) is 25.4. The fraction of sp³-hybridized carbons (Fsp3) is 0.320. The van der Waals surface area contributed by atoms with Gasteiger partial charge in [0.15, 0.2) is 11.5 Å². The van der Waals surface area contributed by atoms with E-state index in [1.807, 2.05) is 26.0 Å². The Hall–Kier alpha value is -2.68. The highest BCUT2D eigenvalue weighted by atomic mass is 35.5. The SMILES string of the molecule is CCCCOC(=O)CN1C(=O)S/C(=C/c2cc(Cl)c(OCc3ccc(Cl)cc3)c(OCC)c2)C1=O. The molecular formula is C25H25Cl2NO6S. The lowest BCUT2D eigenvalue weighted by Gasteiger charge is -2.15. The number of amides is 2. The van der Waals surface area contributed by atoms with E-state index in [4.69, 9.17) is 37.4 Å². The van der Waals surface area contributed by atoms with Gasteiger partial charge in [-0.3, -0.25) is 19.3 Å². The Labute approximate surface area is 218 Å². The smallest absolute Gasteiger partial charge is 0.326 e. The first-order valence-corrected chi connectivity index (χ1v) is 12.6. The average Bonchev–Trinajstić information content (AvgIpc) is 3.07. The first-order valence-electron chi connectivity index (χ1n) is 11.1. The standard InChI is InChI=1S/C25H25Cl2NO6S/c1-3-5-10-33-22(29)14-28-24(30)21(35-25(28)31)13-17-11-19(27)23(20(12-17)32-4-2)34-15-16-6-8-18(26)9-7-16/h6-9,11-13H,3-5,10,14-15H2,1-2H3/b21-13+. The van der Waals surface area contributed by atoms with Gasteiger partial charge in [0.25, 0.3) is 11.1 Å². The number of ether oxygens (including phenoxy) is 3. The lowest BCUT2D eigenvalue weighted by Crippen LogP contribution is -2.34. The third-order valence-corrected chi connectivity index (χ3v) is 6.29. The molecule has 1 aliphatic heterocycles. The van der Waals surface area contributed by atoms with Crippen LogP contribution in [0.2, 0.25) is 10.0 Å². The van der Waals surface area contributed by atoms with E-state index < -0.39 is 23.7 Å². The minimum absolute atomic E-state index is 0.171. The minimum Gasteiger partial charge on any atom is -0.490 e. The molecule has 186 valence electrons. The molecule has 0 radical (unpaired) electrons. The van der Waals surface area contributed by atoms with Crippen molar-refractivity contribution in [3.63, 3.8) is 0 Å². The minimum atomic E-state index is -0.620. The Kier molecular flexibility index (Phi) is 9.89. The Morgan fingerprint density at radius 3 is 2.51 bits per heavy atom. The summed E-state index contributed by atoms with van der Waals surface area (Å²) >= 11 is 13.2. The zero-order valence-corrected chi connectivity index (χ0v) is 21.7. The Bertz CT molecular complexity index is 1120. The third-order valence-electron chi connectivity index (χ3n) is 4.85. The van der Waals surface area contributed by atoms with Gasteiger partial charge in [-0.25, -0.2) is 0 Å². The largest absolute Gasteiger partial charge is 0.490 e. The molecule has 0 unspecified atom stereocenters. The highest BCUT2D eigenvalue weighted by molar-refractivity contribution is 8.18. The van der Waals surface area contributed by atoms with Crippen molar-refractivity contribution in [3.8, 4) is 11.5 Å². The van der Waals surface area contributed by atoms with E-state index in [9.17, 15) is 14.4 Å². The summed E-state index contributed by atoms with van der Waals surface area (Å²) in [6, 6.07) is 10.5. The van der Waals surface area contributed by atoms with E-state index in [1.54, 1.807) is 24.3 Å². The molecule has 0 bridgehead atoms. The molecule has 2 aromatic rings. The lowest BCUT2D eigenvalue weighted by molar-refractivity contribution is -0.146. The molecule has 0 saturated carbocycles. The summed E-state index contributed by atoms with van der Waals surface area (Å²) in [5.74, 6) is -0.419. The predicted octanol–water partition coefficient (Wildman–Crippen LogP) is 6.35. The van der Waals surface area contributed by atoms with Gasteiger partial charge in [-0.15, -0.1) is 0 Å². The van der Waals surface area contributed by atoms with Gasteiger partial charge in [0, 0.05) is 5.02 Å². The zero-order valence-electron chi connectivity index (χ0n) is 19.3. The van der Waals surface area contributed by atoms with Crippen molar-refractivity contribution in [3.05, 3.63) is 62.5 Å². The molecule has 1 fully saturated rings. The highest BCUT2D eigenvalue weighted by Crippen LogP contribution is 2.39. The molecule has 2 aromatic carbocycles. The first-order chi connectivity index (χ1) is 16.8. The predicted molar refractivity (Wildman–Crippen MR) is 137 cm³/mol. The molecule has 10 heteroatoms. The van der Waals surface area contributed by atoms with Crippen molar-refractivity contribution in [1.29, 1.82) is 0 Å². The molecule has 3 rings (SSSR count). The number of esters is 1. The first kappa shape index (κ1) is 26.9. The number of halogens is 2. The molecule has 1 saturated heterocycles. The Balaban J connectivity index is 1.75. The van der Waals surface area contributed by atoms with Gasteiger partial charge in [-0.1, -0.05) is 48.7 Å². The van der Waals surface area contributed by atoms with E-state index in [1.165, 1.54) is 6.08 Å². The van der Waals surface area contributed by atoms with E-state index in [0.29, 0.717) is 28.7 Å². The topological polar surface area (TPSA) is 82.1 Å². The number of hydrogen-bond donors (Lipinski definition) is 0. The highest BCUT2D eigenvalue weighted by Gasteiger charge is 2.36. The number of unbranched alkanes of at least 4 members (excludes halogenated alkanes) is 1. The second-order valence-electron chi connectivity index (χ2n) is 7.52. The van der Waals surface area contributed by atoms with Crippen LogP contribution >= 0.6 is 35.0 Å². The number of carbonyl (C=O) groups excluding carboxylic acids is 3. The van der Waals surface area contributed by atoms with Gasteiger partial charge < -0.3 is 14.2 Å². The number of thioether (sulfide) groups is 1. The van der Waals surface area contributed by atoms with Crippen molar-refractivity contribution in [1.82, 2.24) is 4.90 Å². The fourth-order valence-electron chi connectivity index (χ4n) is 3.10. The number of carbonyl (C=O) groups is 3. The van der Waals surface area contributed by atoms with E-state index in [-0.39, 0.29) is 23.1 Å². The maximum atomic E-state index is 12.7. The van der Waals surface area contributed by atoms with Crippen molar-refractivity contribution >= 4 is 58.2 Å². The van der Waals surface area contributed by atoms with Gasteiger partial charge in [0.2, 0.25) is 0 Å². The van der Waals surface area contributed by atoms with E-state index in [0.717, 1.165) is 35.1 Å². The van der Waals surface area contributed by atoms with Crippen LogP contribution in [0.15, 0.2) is 41.3 Å². The van der Waals surface area contributed by atoms with Crippen molar-refractivity contribution in [2.24, 2.45) is 0 Å². The Morgan fingerprint density at radius 1 is 1.09 bits per heavy atom.